The van der Waals surface area contributed by atoms with Gasteiger partial charge in [-0.1, -0.05) is 45.0 Å². The third kappa shape index (κ3) is 5.96. The highest BCUT2D eigenvalue weighted by Gasteiger charge is 2.49. The largest absolute Gasteiger partial charge is 0.382 e. The molecule has 3 rings (SSSR count). The Labute approximate surface area is 203 Å². The van der Waals surface area contributed by atoms with Crippen molar-refractivity contribution < 1.29 is 19.1 Å². The summed E-state index contributed by atoms with van der Waals surface area (Å²) >= 11 is 0. The maximum Gasteiger partial charge on any atom is 0.326 e. The number of ether oxygens (including phenoxy) is 1. The van der Waals surface area contributed by atoms with Gasteiger partial charge in [0.1, 0.15) is 5.54 Å². The lowest BCUT2D eigenvalue weighted by atomic mass is 9.84. The van der Waals surface area contributed by atoms with E-state index < -0.39 is 5.54 Å². The first kappa shape index (κ1) is 26.2. The average molecular weight is 473 g/mol. The van der Waals surface area contributed by atoms with Gasteiger partial charge in [-0.15, -0.1) is 0 Å². The van der Waals surface area contributed by atoms with Crippen LogP contribution in [0.2, 0.25) is 0 Å². The molecule has 8 nitrogen and oxygen atoms in total. The minimum Gasteiger partial charge on any atom is -0.382 e. The van der Waals surface area contributed by atoms with Crippen LogP contribution in [0, 0.1) is 5.92 Å². The first-order chi connectivity index (χ1) is 16.1. The fourth-order valence-electron chi connectivity index (χ4n) is 4.54. The molecular weight excluding hydrogens is 432 g/mol. The Hall–Kier alpha value is -2.45. The topological polar surface area (TPSA) is 91.0 Å². The summed E-state index contributed by atoms with van der Waals surface area (Å²) < 4.78 is 5.29. The number of benzene rings is 1. The van der Waals surface area contributed by atoms with Gasteiger partial charge in [-0.25, -0.2) is 9.69 Å². The summed E-state index contributed by atoms with van der Waals surface area (Å²) in [4.78, 5) is 41.8. The molecule has 2 heterocycles. The number of amides is 4. The molecule has 2 fully saturated rings. The zero-order valence-corrected chi connectivity index (χ0v) is 21.3. The van der Waals surface area contributed by atoms with Gasteiger partial charge in [-0.2, -0.15) is 0 Å². The summed E-state index contributed by atoms with van der Waals surface area (Å²) in [7, 11) is 0. The Balaban J connectivity index is 1.52. The molecule has 1 atom stereocenters. The summed E-state index contributed by atoms with van der Waals surface area (Å²) in [5.74, 6) is -0.189. The number of likely N-dealkylation sites (tertiary alicyclic amines) is 1. The molecule has 0 aliphatic carbocycles. The van der Waals surface area contributed by atoms with Crippen LogP contribution in [0.3, 0.4) is 0 Å². The number of carbonyl (C=O) groups excluding carboxylic acids is 3. The van der Waals surface area contributed by atoms with E-state index in [-0.39, 0.29) is 35.8 Å². The molecule has 2 N–H and O–H groups in total. The van der Waals surface area contributed by atoms with Crippen LogP contribution in [0.1, 0.15) is 65.0 Å². The van der Waals surface area contributed by atoms with Crippen LogP contribution in [0.5, 0.6) is 0 Å². The highest BCUT2D eigenvalue weighted by molar-refractivity contribution is 6.07. The van der Waals surface area contributed by atoms with Crippen LogP contribution in [-0.2, 0) is 25.3 Å². The van der Waals surface area contributed by atoms with Crippen LogP contribution in [0.15, 0.2) is 24.3 Å². The van der Waals surface area contributed by atoms with E-state index in [0.717, 1.165) is 12.0 Å². The van der Waals surface area contributed by atoms with Gasteiger partial charge in [0.05, 0.1) is 6.67 Å². The normalized spacial score (nSPS) is 22.2. The van der Waals surface area contributed by atoms with Crippen molar-refractivity contribution in [1.29, 1.82) is 0 Å². The zero-order valence-electron chi connectivity index (χ0n) is 21.3. The standard InChI is InChI=1S/C26H40N4O4/c1-6-34-17-7-14-27-22(31)19-12-15-29(16-13-19)18-30-23(32)26(5,28-24(30)33)21-10-8-20(9-11-21)25(2,3)4/h8-11,19H,6-7,12-18H2,1-5H3,(H,27,31)(H,28,33). The Morgan fingerprint density at radius 2 is 1.82 bits per heavy atom. The van der Waals surface area contributed by atoms with Crippen LogP contribution in [0.4, 0.5) is 4.79 Å². The molecule has 2 aliphatic rings. The molecule has 0 bridgehead atoms. The predicted octanol–water partition coefficient (Wildman–Crippen LogP) is 2.96. The van der Waals surface area contributed by atoms with Crippen molar-refractivity contribution >= 4 is 17.8 Å². The van der Waals surface area contributed by atoms with E-state index >= 15 is 0 Å². The van der Waals surface area contributed by atoms with Gasteiger partial charge < -0.3 is 15.4 Å². The molecule has 34 heavy (non-hydrogen) atoms. The third-order valence-corrected chi connectivity index (χ3v) is 6.87. The first-order valence-electron chi connectivity index (χ1n) is 12.4. The number of hydrogen-bond acceptors (Lipinski definition) is 5. The lowest BCUT2D eigenvalue weighted by Crippen LogP contribution is -2.47. The van der Waals surface area contributed by atoms with Crippen molar-refractivity contribution in [3.8, 4) is 0 Å². The van der Waals surface area contributed by atoms with Gasteiger partial charge in [0.2, 0.25) is 5.91 Å². The number of carbonyl (C=O) groups is 3. The third-order valence-electron chi connectivity index (χ3n) is 6.87. The molecule has 188 valence electrons. The molecule has 0 radical (unpaired) electrons. The smallest absolute Gasteiger partial charge is 0.326 e. The summed E-state index contributed by atoms with van der Waals surface area (Å²) in [5, 5.41) is 5.88. The quantitative estimate of drug-likeness (QED) is 0.426. The monoisotopic (exact) mass is 472 g/mol. The van der Waals surface area contributed by atoms with Crippen LogP contribution in [-0.4, -0.2) is 67.2 Å². The molecule has 0 saturated carbocycles. The Morgan fingerprint density at radius 1 is 1.18 bits per heavy atom. The van der Waals surface area contributed by atoms with Gasteiger partial charge >= 0.3 is 6.03 Å². The average Bonchev–Trinajstić information content (AvgIpc) is 3.02. The van der Waals surface area contributed by atoms with E-state index in [0.29, 0.717) is 45.7 Å². The lowest BCUT2D eigenvalue weighted by molar-refractivity contribution is -0.133. The highest BCUT2D eigenvalue weighted by Crippen LogP contribution is 2.31. The fourth-order valence-corrected chi connectivity index (χ4v) is 4.54. The van der Waals surface area contributed by atoms with Crippen LogP contribution in [0.25, 0.3) is 0 Å². The second-order valence-corrected chi connectivity index (χ2v) is 10.5. The highest BCUT2D eigenvalue weighted by atomic mass is 16.5. The number of urea groups is 1. The maximum absolute atomic E-state index is 13.3. The van der Waals surface area contributed by atoms with Gasteiger partial charge in [0, 0.05) is 38.8 Å². The van der Waals surface area contributed by atoms with Crippen LogP contribution < -0.4 is 10.6 Å². The summed E-state index contributed by atoms with van der Waals surface area (Å²) in [6.07, 6.45) is 2.24. The Morgan fingerprint density at radius 3 is 2.41 bits per heavy atom. The van der Waals surface area contributed by atoms with Crippen molar-refractivity contribution in [2.75, 3.05) is 39.5 Å². The summed E-state index contributed by atoms with van der Waals surface area (Å²) in [6.45, 7) is 13.7. The van der Waals surface area contributed by atoms with E-state index in [9.17, 15) is 14.4 Å². The van der Waals surface area contributed by atoms with Crippen molar-refractivity contribution in [3.63, 3.8) is 0 Å². The van der Waals surface area contributed by atoms with Gasteiger partial charge in [-0.05, 0) is 49.7 Å². The lowest BCUT2D eigenvalue weighted by Gasteiger charge is -2.33. The Bertz CT molecular complexity index is 872. The summed E-state index contributed by atoms with van der Waals surface area (Å²) in [6, 6.07) is 7.54. The van der Waals surface area contributed by atoms with E-state index in [1.54, 1.807) is 6.92 Å². The predicted molar refractivity (Wildman–Crippen MR) is 131 cm³/mol. The maximum atomic E-state index is 13.3. The minimum absolute atomic E-state index is 0.0148. The first-order valence-corrected chi connectivity index (χ1v) is 12.4. The SMILES string of the molecule is CCOCCCNC(=O)C1CCN(CN2C(=O)NC(C)(c3ccc(C(C)(C)C)cc3)C2=O)CC1. The van der Waals surface area contributed by atoms with Crippen molar-refractivity contribution in [1.82, 2.24) is 20.4 Å². The van der Waals surface area contributed by atoms with Crippen molar-refractivity contribution in [2.24, 2.45) is 5.92 Å². The van der Waals surface area contributed by atoms with Crippen LogP contribution >= 0.6 is 0 Å². The number of rotatable bonds is 9. The second-order valence-electron chi connectivity index (χ2n) is 10.5. The summed E-state index contributed by atoms with van der Waals surface area (Å²) in [5.41, 5.74) is 0.893. The molecule has 0 spiro atoms. The zero-order chi connectivity index (χ0) is 24.9. The molecule has 1 aromatic rings. The fraction of sp³-hybridized carbons (Fsp3) is 0.654. The number of piperidine rings is 1. The van der Waals surface area contributed by atoms with Crippen molar-refractivity contribution in [2.45, 2.75) is 64.8 Å². The number of hydrogen-bond donors (Lipinski definition) is 2. The van der Waals surface area contributed by atoms with E-state index in [1.807, 2.05) is 31.2 Å². The van der Waals surface area contributed by atoms with Gasteiger partial charge in [0.25, 0.3) is 5.91 Å². The van der Waals surface area contributed by atoms with Gasteiger partial charge in [0.15, 0.2) is 0 Å². The van der Waals surface area contributed by atoms with E-state index in [2.05, 4.69) is 36.3 Å². The molecule has 4 amide bonds. The molecule has 8 heteroatoms. The molecule has 0 aromatic heterocycles. The van der Waals surface area contributed by atoms with Crippen molar-refractivity contribution in [3.05, 3.63) is 35.4 Å². The molecule has 2 aliphatic heterocycles. The minimum atomic E-state index is -1.08. The molecular formula is C26H40N4O4. The van der Waals surface area contributed by atoms with Gasteiger partial charge in [-0.3, -0.25) is 14.5 Å². The second kappa shape index (κ2) is 10.9. The number of nitrogens with zero attached hydrogens (tertiary/aromatic N) is 2. The number of imide groups is 1. The number of nitrogens with one attached hydrogen (secondary N) is 2. The molecule has 2 saturated heterocycles. The van der Waals surface area contributed by atoms with E-state index in [1.165, 1.54) is 10.5 Å². The molecule has 1 aromatic carbocycles. The Kier molecular flexibility index (Phi) is 8.36. The van der Waals surface area contributed by atoms with E-state index in [4.69, 9.17) is 4.74 Å². The molecule has 1 unspecified atom stereocenters.